The van der Waals surface area contributed by atoms with E-state index in [2.05, 4.69) is 23.8 Å². The zero-order chi connectivity index (χ0) is 10.2. The molecule has 14 heavy (non-hydrogen) atoms. The molecular formula is C11H22N2S. The van der Waals surface area contributed by atoms with E-state index >= 15 is 0 Å². The van der Waals surface area contributed by atoms with Crippen molar-refractivity contribution in [3.05, 3.63) is 12.7 Å². The maximum Gasteiger partial charge on any atom is 0.0329 e. The highest BCUT2D eigenvalue weighted by Crippen LogP contribution is 2.29. The summed E-state index contributed by atoms with van der Waals surface area (Å²) in [4.78, 5) is 0. The number of nitrogens with one attached hydrogen (secondary N) is 1. The number of allylic oxidation sites excluding steroid dienone is 1. The molecule has 1 aliphatic heterocycles. The second-order valence-electron chi connectivity index (χ2n) is 3.90. The Morgan fingerprint density at radius 3 is 3.00 bits per heavy atom. The first-order chi connectivity index (χ1) is 6.88. The van der Waals surface area contributed by atoms with E-state index in [0.717, 1.165) is 11.7 Å². The molecule has 0 aliphatic carbocycles. The van der Waals surface area contributed by atoms with E-state index in [1.54, 1.807) is 0 Å². The van der Waals surface area contributed by atoms with E-state index in [9.17, 15) is 0 Å². The van der Waals surface area contributed by atoms with Gasteiger partial charge in [-0.3, -0.25) is 11.3 Å². The largest absolute Gasteiger partial charge is 0.271 e. The third-order valence-corrected chi connectivity index (χ3v) is 4.32. The van der Waals surface area contributed by atoms with Gasteiger partial charge in [-0.1, -0.05) is 12.5 Å². The van der Waals surface area contributed by atoms with Crippen molar-refractivity contribution in [2.24, 2.45) is 5.84 Å². The van der Waals surface area contributed by atoms with Crippen molar-refractivity contribution in [2.45, 2.75) is 49.8 Å². The van der Waals surface area contributed by atoms with Gasteiger partial charge < -0.3 is 0 Å². The van der Waals surface area contributed by atoms with Gasteiger partial charge in [-0.05, 0) is 37.9 Å². The fourth-order valence-corrected chi connectivity index (χ4v) is 3.40. The lowest BCUT2D eigenvalue weighted by Gasteiger charge is -2.29. The molecule has 0 aromatic carbocycles. The molecule has 1 saturated heterocycles. The Kier molecular flexibility index (Phi) is 6.32. The fraction of sp³-hybridized carbons (Fsp3) is 0.818. The SMILES string of the molecule is C=CCCCC(NN)C1CCCCS1. The summed E-state index contributed by atoms with van der Waals surface area (Å²) in [6.07, 6.45) is 9.56. The standard InChI is InChI=1S/C11H22N2S/c1-2-3-4-7-10(13-12)11-8-5-6-9-14-11/h2,10-11,13H,1,3-9,12H2. The average Bonchev–Trinajstić information content (AvgIpc) is 2.26. The first kappa shape index (κ1) is 12.1. The van der Waals surface area contributed by atoms with Crippen LogP contribution < -0.4 is 11.3 Å². The molecule has 0 aromatic heterocycles. The number of unbranched alkanes of at least 4 members (excludes halogenated alkanes) is 1. The highest BCUT2D eigenvalue weighted by Gasteiger charge is 2.22. The lowest BCUT2D eigenvalue weighted by atomic mass is 10.0. The molecule has 1 fully saturated rings. The topological polar surface area (TPSA) is 38.0 Å². The second kappa shape index (κ2) is 7.32. The Morgan fingerprint density at radius 2 is 2.43 bits per heavy atom. The zero-order valence-corrected chi connectivity index (χ0v) is 9.69. The van der Waals surface area contributed by atoms with Crippen LogP contribution in [-0.4, -0.2) is 17.0 Å². The van der Waals surface area contributed by atoms with Gasteiger partial charge in [-0.15, -0.1) is 6.58 Å². The maximum atomic E-state index is 5.60. The van der Waals surface area contributed by atoms with Crippen LogP contribution in [0.25, 0.3) is 0 Å². The first-order valence-electron chi connectivity index (χ1n) is 5.57. The monoisotopic (exact) mass is 214 g/mol. The smallest absolute Gasteiger partial charge is 0.0329 e. The minimum Gasteiger partial charge on any atom is -0.271 e. The van der Waals surface area contributed by atoms with Crippen molar-refractivity contribution >= 4 is 11.8 Å². The molecule has 2 unspecified atom stereocenters. The third kappa shape index (κ3) is 4.03. The van der Waals surface area contributed by atoms with Crippen molar-refractivity contribution in [3.63, 3.8) is 0 Å². The van der Waals surface area contributed by atoms with Crippen LogP contribution in [0.1, 0.15) is 38.5 Å². The van der Waals surface area contributed by atoms with Crippen molar-refractivity contribution < 1.29 is 0 Å². The van der Waals surface area contributed by atoms with Gasteiger partial charge in [-0.25, -0.2) is 0 Å². The number of nitrogens with two attached hydrogens (primary N) is 1. The quantitative estimate of drug-likeness (QED) is 0.309. The van der Waals surface area contributed by atoms with E-state index in [0.29, 0.717) is 6.04 Å². The third-order valence-electron chi connectivity index (χ3n) is 2.80. The molecule has 0 saturated carbocycles. The van der Waals surface area contributed by atoms with E-state index in [1.165, 1.54) is 37.9 Å². The van der Waals surface area contributed by atoms with Crippen molar-refractivity contribution in [2.75, 3.05) is 5.75 Å². The highest BCUT2D eigenvalue weighted by atomic mass is 32.2. The summed E-state index contributed by atoms with van der Waals surface area (Å²) >= 11 is 2.09. The number of thioether (sulfide) groups is 1. The first-order valence-corrected chi connectivity index (χ1v) is 6.62. The van der Waals surface area contributed by atoms with Crippen LogP contribution in [-0.2, 0) is 0 Å². The minimum absolute atomic E-state index is 0.500. The van der Waals surface area contributed by atoms with E-state index in [1.807, 2.05) is 6.08 Å². The normalized spacial score (nSPS) is 24.5. The molecule has 0 aromatic rings. The molecule has 2 nitrogen and oxygen atoms in total. The number of hydrogen-bond donors (Lipinski definition) is 2. The maximum absolute atomic E-state index is 5.60. The van der Waals surface area contributed by atoms with E-state index < -0.39 is 0 Å². The van der Waals surface area contributed by atoms with Gasteiger partial charge >= 0.3 is 0 Å². The highest BCUT2D eigenvalue weighted by molar-refractivity contribution is 8.00. The van der Waals surface area contributed by atoms with Gasteiger partial charge in [0.25, 0.3) is 0 Å². The zero-order valence-electron chi connectivity index (χ0n) is 8.87. The summed E-state index contributed by atoms with van der Waals surface area (Å²) < 4.78 is 0. The summed E-state index contributed by atoms with van der Waals surface area (Å²) in [6.45, 7) is 3.74. The van der Waals surface area contributed by atoms with Crippen LogP contribution >= 0.6 is 11.8 Å². The van der Waals surface area contributed by atoms with Crippen molar-refractivity contribution in [1.29, 1.82) is 0 Å². The fourth-order valence-electron chi connectivity index (χ4n) is 1.94. The number of hydrogen-bond acceptors (Lipinski definition) is 3. The second-order valence-corrected chi connectivity index (χ2v) is 5.24. The van der Waals surface area contributed by atoms with Crippen molar-refractivity contribution in [1.82, 2.24) is 5.43 Å². The summed E-state index contributed by atoms with van der Waals surface area (Å²) in [5.41, 5.74) is 2.98. The van der Waals surface area contributed by atoms with Gasteiger partial charge in [0, 0.05) is 11.3 Å². The lowest BCUT2D eigenvalue weighted by Crippen LogP contribution is -2.43. The van der Waals surface area contributed by atoms with Gasteiger partial charge in [0.15, 0.2) is 0 Å². The van der Waals surface area contributed by atoms with Crippen LogP contribution in [0.15, 0.2) is 12.7 Å². The van der Waals surface area contributed by atoms with Gasteiger partial charge in [-0.2, -0.15) is 11.8 Å². The van der Waals surface area contributed by atoms with Gasteiger partial charge in [0.2, 0.25) is 0 Å². The summed E-state index contributed by atoms with van der Waals surface area (Å²) in [7, 11) is 0. The Balaban J connectivity index is 2.24. The molecule has 82 valence electrons. The predicted octanol–water partition coefficient (Wildman–Crippen LogP) is 2.46. The van der Waals surface area contributed by atoms with Crippen LogP contribution in [0.3, 0.4) is 0 Å². The average molecular weight is 214 g/mol. The van der Waals surface area contributed by atoms with Gasteiger partial charge in [0.1, 0.15) is 0 Å². The van der Waals surface area contributed by atoms with Gasteiger partial charge in [0.05, 0.1) is 0 Å². The predicted molar refractivity (Wildman–Crippen MR) is 65.3 cm³/mol. The Hall–Kier alpha value is 0.0100. The van der Waals surface area contributed by atoms with Crippen molar-refractivity contribution in [3.8, 4) is 0 Å². The van der Waals surface area contributed by atoms with E-state index in [4.69, 9.17) is 5.84 Å². The van der Waals surface area contributed by atoms with Crippen LogP contribution in [0.2, 0.25) is 0 Å². The molecule has 0 amide bonds. The molecule has 0 bridgehead atoms. The Bertz CT molecular complexity index is 155. The van der Waals surface area contributed by atoms with Crippen LogP contribution in [0.4, 0.5) is 0 Å². The summed E-state index contributed by atoms with van der Waals surface area (Å²) in [5, 5.41) is 0.735. The van der Waals surface area contributed by atoms with E-state index in [-0.39, 0.29) is 0 Å². The molecule has 2 atom stereocenters. The Labute approximate surface area is 91.7 Å². The Morgan fingerprint density at radius 1 is 1.57 bits per heavy atom. The molecule has 1 rings (SSSR count). The molecule has 3 N–H and O–H groups in total. The molecule has 3 heteroatoms. The van der Waals surface area contributed by atoms with Crippen LogP contribution in [0.5, 0.6) is 0 Å². The molecule has 1 aliphatic rings. The summed E-state index contributed by atoms with van der Waals surface area (Å²) in [6, 6.07) is 0.500. The summed E-state index contributed by atoms with van der Waals surface area (Å²) in [5.74, 6) is 6.91. The molecular weight excluding hydrogens is 192 g/mol. The molecule has 1 heterocycles. The number of rotatable bonds is 6. The lowest BCUT2D eigenvalue weighted by molar-refractivity contribution is 0.440. The minimum atomic E-state index is 0.500. The molecule has 0 spiro atoms. The van der Waals surface area contributed by atoms with Crippen LogP contribution in [0, 0.1) is 0 Å². The number of hydrazine groups is 1. The molecule has 0 radical (unpaired) electrons.